The Morgan fingerprint density at radius 1 is 1.26 bits per heavy atom. The maximum Gasteiger partial charge on any atom is 0.171 e. The molecule has 0 aliphatic carbocycles. The summed E-state index contributed by atoms with van der Waals surface area (Å²) in [5.41, 5.74) is 1.90. The van der Waals surface area contributed by atoms with Crippen molar-refractivity contribution in [3.63, 3.8) is 0 Å². The van der Waals surface area contributed by atoms with Gasteiger partial charge in [-0.3, -0.25) is 4.98 Å². The van der Waals surface area contributed by atoms with E-state index in [1.807, 2.05) is 44.2 Å². The largest absolute Gasteiger partial charge is 0.493 e. The van der Waals surface area contributed by atoms with E-state index in [1.54, 1.807) is 19.5 Å². The van der Waals surface area contributed by atoms with Crippen molar-refractivity contribution in [1.82, 2.24) is 10.3 Å². The van der Waals surface area contributed by atoms with Crippen LogP contribution in [0.15, 0.2) is 42.7 Å². The lowest BCUT2D eigenvalue weighted by Gasteiger charge is -2.15. The Morgan fingerprint density at radius 2 is 2.09 bits per heavy atom. The van der Waals surface area contributed by atoms with Crippen molar-refractivity contribution in [2.75, 3.05) is 12.4 Å². The normalized spacial score (nSPS) is 10.3. The van der Waals surface area contributed by atoms with Gasteiger partial charge < -0.3 is 20.1 Å². The molecular weight excluding hydrogens is 310 g/mol. The van der Waals surface area contributed by atoms with E-state index in [2.05, 4.69) is 15.6 Å². The molecule has 6 heteroatoms. The zero-order valence-electron chi connectivity index (χ0n) is 13.5. The van der Waals surface area contributed by atoms with Crippen molar-refractivity contribution in [2.45, 2.75) is 26.5 Å². The van der Waals surface area contributed by atoms with Crippen molar-refractivity contribution >= 4 is 23.0 Å². The lowest BCUT2D eigenvalue weighted by atomic mass is 10.2. The fourth-order valence-electron chi connectivity index (χ4n) is 1.97. The molecule has 0 fully saturated rings. The standard InChI is InChI=1S/C17H21N3O2S/c1-12(2)22-15-7-6-13(9-16(15)21-3)10-19-17(23)20-14-5-4-8-18-11-14/h4-9,11-12H,10H2,1-3H3,(H2,19,20,23). The summed E-state index contributed by atoms with van der Waals surface area (Å²) in [4.78, 5) is 4.03. The number of anilines is 1. The summed E-state index contributed by atoms with van der Waals surface area (Å²) >= 11 is 5.27. The fraction of sp³-hybridized carbons (Fsp3) is 0.294. The van der Waals surface area contributed by atoms with E-state index in [4.69, 9.17) is 21.7 Å². The number of hydrogen-bond acceptors (Lipinski definition) is 4. The van der Waals surface area contributed by atoms with Gasteiger partial charge >= 0.3 is 0 Å². The van der Waals surface area contributed by atoms with Crippen molar-refractivity contribution < 1.29 is 9.47 Å². The van der Waals surface area contributed by atoms with Gasteiger partial charge in [-0.1, -0.05) is 6.07 Å². The third-order valence-electron chi connectivity index (χ3n) is 2.96. The molecule has 0 bridgehead atoms. The highest BCUT2D eigenvalue weighted by Gasteiger charge is 2.08. The van der Waals surface area contributed by atoms with Gasteiger partial charge in [-0.15, -0.1) is 0 Å². The molecule has 5 nitrogen and oxygen atoms in total. The van der Waals surface area contributed by atoms with Crippen molar-refractivity contribution in [3.05, 3.63) is 48.3 Å². The van der Waals surface area contributed by atoms with Gasteiger partial charge in [-0.25, -0.2) is 0 Å². The first-order valence-corrected chi connectivity index (χ1v) is 7.77. The summed E-state index contributed by atoms with van der Waals surface area (Å²) in [6.45, 7) is 4.55. The summed E-state index contributed by atoms with van der Waals surface area (Å²) in [6, 6.07) is 9.59. The fourth-order valence-corrected chi connectivity index (χ4v) is 2.16. The number of thiocarbonyl (C=S) groups is 1. The zero-order chi connectivity index (χ0) is 16.7. The molecule has 0 aliphatic rings. The van der Waals surface area contributed by atoms with Crippen LogP contribution in [0.1, 0.15) is 19.4 Å². The molecule has 1 heterocycles. The van der Waals surface area contributed by atoms with Crippen LogP contribution in [-0.2, 0) is 6.54 Å². The van der Waals surface area contributed by atoms with Gasteiger partial charge in [0.15, 0.2) is 16.6 Å². The van der Waals surface area contributed by atoms with Crippen LogP contribution < -0.4 is 20.1 Å². The highest BCUT2D eigenvalue weighted by Crippen LogP contribution is 2.28. The second-order valence-electron chi connectivity index (χ2n) is 5.20. The average molecular weight is 331 g/mol. The lowest BCUT2D eigenvalue weighted by molar-refractivity contribution is 0.230. The SMILES string of the molecule is COc1cc(CNC(=S)Nc2cccnc2)ccc1OC(C)C. The Bertz CT molecular complexity index is 648. The molecule has 23 heavy (non-hydrogen) atoms. The van der Waals surface area contributed by atoms with Gasteiger partial charge in [0.2, 0.25) is 0 Å². The molecule has 0 radical (unpaired) electrons. The Kier molecular flexibility index (Phi) is 6.17. The Hall–Kier alpha value is -2.34. The van der Waals surface area contributed by atoms with E-state index in [1.165, 1.54) is 0 Å². The number of pyridine rings is 1. The predicted octanol–water partition coefficient (Wildman–Crippen LogP) is 3.36. The molecule has 0 saturated heterocycles. The lowest BCUT2D eigenvalue weighted by Crippen LogP contribution is -2.27. The van der Waals surface area contributed by atoms with E-state index in [9.17, 15) is 0 Å². The zero-order valence-corrected chi connectivity index (χ0v) is 14.3. The second-order valence-corrected chi connectivity index (χ2v) is 5.61. The first-order valence-electron chi connectivity index (χ1n) is 7.37. The smallest absolute Gasteiger partial charge is 0.171 e. The Labute approximate surface area is 142 Å². The number of nitrogens with one attached hydrogen (secondary N) is 2. The van der Waals surface area contributed by atoms with Crippen molar-refractivity contribution in [2.24, 2.45) is 0 Å². The van der Waals surface area contributed by atoms with Crippen LogP contribution >= 0.6 is 12.2 Å². The van der Waals surface area contributed by atoms with Gasteiger partial charge in [0, 0.05) is 12.7 Å². The first kappa shape index (κ1) is 17.0. The van der Waals surface area contributed by atoms with Gasteiger partial charge in [0.05, 0.1) is 25.1 Å². The van der Waals surface area contributed by atoms with Crippen LogP contribution in [0, 0.1) is 0 Å². The molecule has 1 aromatic carbocycles. The summed E-state index contributed by atoms with van der Waals surface area (Å²) < 4.78 is 11.1. The van der Waals surface area contributed by atoms with E-state index >= 15 is 0 Å². The molecule has 0 spiro atoms. The molecule has 0 amide bonds. The van der Waals surface area contributed by atoms with Crippen LogP contribution in [0.4, 0.5) is 5.69 Å². The summed E-state index contributed by atoms with van der Waals surface area (Å²) in [5.74, 6) is 1.45. The molecule has 2 aromatic rings. The molecule has 0 saturated carbocycles. The predicted molar refractivity (Wildman–Crippen MR) is 96.1 cm³/mol. The summed E-state index contributed by atoms with van der Waals surface area (Å²) in [6.07, 6.45) is 3.54. The van der Waals surface area contributed by atoms with Crippen LogP contribution in [0.25, 0.3) is 0 Å². The first-order chi connectivity index (χ1) is 11.1. The highest BCUT2D eigenvalue weighted by atomic mass is 32.1. The molecule has 1 aromatic heterocycles. The number of aromatic nitrogens is 1. The molecule has 122 valence electrons. The summed E-state index contributed by atoms with van der Waals surface area (Å²) in [5, 5.41) is 6.78. The third-order valence-corrected chi connectivity index (χ3v) is 3.21. The van der Waals surface area contributed by atoms with Gasteiger partial charge in [-0.2, -0.15) is 0 Å². The van der Waals surface area contributed by atoms with Gasteiger partial charge in [-0.05, 0) is 55.9 Å². The minimum atomic E-state index is 0.101. The van der Waals surface area contributed by atoms with E-state index in [-0.39, 0.29) is 6.10 Å². The molecular formula is C17H21N3O2S. The van der Waals surface area contributed by atoms with E-state index in [0.29, 0.717) is 17.4 Å². The van der Waals surface area contributed by atoms with E-state index in [0.717, 1.165) is 17.0 Å². The third kappa shape index (κ3) is 5.41. The second kappa shape index (κ2) is 8.33. The topological polar surface area (TPSA) is 55.4 Å². The van der Waals surface area contributed by atoms with Crippen LogP contribution in [-0.4, -0.2) is 23.3 Å². The van der Waals surface area contributed by atoms with Crippen LogP contribution in [0.2, 0.25) is 0 Å². The van der Waals surface area contributed by atoms with Crippen LogP contribution in [0.5, 0.6) is 11.5 Å². The maximum atomic E-state index is 5.71. The molecule has 2 N–H and O–H groups in total. The molecule has 2 rings (SSSR count). The minimum absolute atomic E-state index is 0.101. The van der Waals surface area contributed by atoms with Crippen molar-refractivity contribution in [3.8, 4) is 11.5 Å². The van der Waals surface area contributed by atoms with Crippen molar-refractivity contribution in [1.29, 1.82) is 0 Å². The maximum absolute atomic E-state index is 5.71. The Morgan fingerprint density at radius 3 is 2.74 bits per heavy atom. The number of hydrogen-bond donors (Lipinski definition) is 2. The average Bonchev–Trinajstić information content (AvgIpc) is 2.54. The van der Waals surface area contributed by atoms with Gasteiger partial charge in [0.1, 0.15) is 0 Å². The number of benzene rings is 1. The molecule has 0 atom stereocenters. The monoisotopic (exact) mass is 331 g/mol. The molecule has 0 unspecified atom stereocenters. The number of ether oxygens (including phenoxy) is 2. The van der Waals surface area contributed by atoms with Gasteiger partial charge in [0.25, 0.3) is 0 Å². The summed E-state index contributed by atoms with van der Waals surface area (Å²) in [7, 11) is 1.63. The quantitative estimate of drug-likeness (QED) is 0.792. The molecule has 0 aliphatic heterocycles. The Balaban J connectivity index is 1.93. The highest BCUT2D eigenvalue weighted by molar-refractivity contribution is 7.80. The minimum Gasteiger partial charge on any atom is -0.493 e. The number of methoxy groups -OCH3 is 1. The van der Waals surface area contributed by atoms with E-state index < -0.39 is 0 Å². The van der Waals surface area contributed by atoms with Crippen LogP contribution in [0.3, 0.4) is 0 Å². The number of nitrogens with zero attached hydrogens (tertiary/aromatic N) is 1. The number of rotatable bonds is 6.